The first-order chi connectivity index (χ1) is 19.4. The molecule has 5 rings (SSSR count). The van der Waals surface area contributed by atoms with Crippen LogP contribution in [0, 0.1) is 23.2 Å². The minimum absolute atomic E-state index is 0.0818. The molecule has 1 saturated carbocycles. The van der Waals surface area contributed by atoms with Gasteiger partial charge in [0.25, 0.3) is 5.91 Å². The normalized spacial score (nSPS) is 26.4. The maximum atomic E-state index is 14.0. The van der Waals surface area contributed by atoms with Crippen LogP contribution in [-0.2, 0) is 19.1 Å². The SMILES string of the molecule is COC[C@H]1CCCN(C(=O)[C@@H](NC(=O)C2CN(C(=O)c3cncs3)CC23CNC3)[C@@H](C)OCC2CCCCC2)C1. The minimum Gasteiger partial charge on any atom is -0.384 e. The maximum Gasteiger partial charge on any atom is 0.265 e. The highest BCUT2D eigenvalue weighted by Gasteiger charge is 2.55. The Labute approximate surface area is 241 Å². The summed E-state index contributed by atoms with van der Waals surface area (Å²) in [5.41, 5.74) is 1.33. The molecule has 4 heterocycles. The monoisotopic (exact) mass is 575 g/mol. The summed E-state index contributed by atoms with van der Waals surface area (Å²) in [5.74, 6) is 0.0734. The number of ether oxygens (including phenoxy) is 2. The van der Waals surface area contributed by atoms with Gasteiger partial charge >= 0.3 is 0 Å². The van der Waals surface area contributed by atoms with Gasteiger partial charge in [0.15, 0.2) is 0 Å². The van der Waals surface area contributed by atoms with Crippen LogP contribution in [0.2, 0.25) is 0 Å². The fourth-order valence-electron chi connectivity index (χ4n) is 6.97. The molecule has 40 heavy (non-hydrogen) atoms. The molecule has 1 aromatic rings. The Hall–Kier alpha value is -2.08. The summed E-state index contributed by atoms with van der Waals surface area (Å²) < 4.78 is 11.7. The molecule has 0 aromatic carbocycles. The Morgan fingerprint density at radius 1 is 1.10 bits per heavy atom. The first-order valence-electron chi connectivity index (χ1n) is 15.0. The molecule has 1 aromatic heterocycles. The lowest BCUT2D eigenvalue weighted by Gasteiger charge is -2.43. The molecule has 1 aliphatic carbocycles. The largest absolute Gasteiger partial charge is 0.384 e. The number of piperidine rings is 1. The second-order valence-corrected chi connectivity index (χ2v) is 13.2. The van der Waals surface area contributed by atoms with Gasteiger partial charge in [-0.3, -0.25) is 19.4 Å². The lowest BCUT2D eigenvalue weighted by Crippen LogP contribution is -2.63. The molecule has 4 atom stereocenters. The zero-order chi connectivity index (χ0) is 28.1. The summed E-state index contributed by atoms with van der Waals surface area (Å²) >= 11 is 1.31. The number of carbonyl (C=O) groups excluding carboxylic acids is 3. The van der Waals surface area contributed by atoms with Crippen LogP contribution in [0.25, 0.3) is 0 Å². The van der Waals surface area contributed by atoms with Crippen molar-refractivity contribution in [3.05, 3.63) is 16.6 Å². The first-order valence-corrected chi connectivity index (χ1v) is 15.9. The van der Waals surface area contributed by atoms with E-state index in [1.165, 1.54) is 30.6 Å². The van der Waals surface area contributed by atoms with Crippen LogP contribution in [0.1, 0.15) is 61.5 Å². The van der Waals surface area contributed by atoms with Gasteiger partial charge in [-0.05, 0) is 44.4 Å². The molecule has 1 unspecified atom stereocenters. The van der Waals surface area contributed by atoms with Crippen molar-refractivity contribution >= 4 is 29.1 Å². The molecule has 4 fully saturated rings. The second kappa shape index (κ2) is 13.3. The van der Waals surface area contributed by atoms with Crippen molar-refractivity contribution in [2.24, 2.45) is 23.2 Å². The fourth-order valence-corrected chi connectivity index (χ4v) is 7.56. The number of nitrogens with zero attached hydrogens (tertiary/aromatic N) is 3. The summed E-state index contributed by atoms with van der Waals surface area (Å²) in [5, 5.41) is 6.45. The molecular weight excluding hydrogens is 530 g/mol. The van der Waals surface area contributed by atoms with Crippen molar-refractivity contribution in [1.82, 2.24) is 25.4 Å². The van der Waals surface area contributed by atoms with Gasteiger partial charge in [0, 0.05) is 58.4 Å². The highest BCUT2D eigenvalue weighted by atomic mass is 32.1. The third-order valence-corrected chi connectivity index (χ3v) is 10.2. The smallest absolute Gasteiger partial charge is 0.265 e. The van der Waals surface area contributed by atoms with E-state index in [4.69, 9.17) is 9.47 Å². The van der Waals surface area contributed by atoms with E-state index in [0.717, 1.165) is 25.7 Å². The van der Waals surface area contributed by atoms with Crippen LogP contribution in [0.4, 0.5) is 0 Å². The van der Waals surface area contributed by atoms with E-state index in [-0.39, 0.29) is 23.1 Å². The topological polar surface area (TPSA) is 113 Å². The van der Waals surface area contributed by atoms with Gasteiger partial charge in [-0.1, -0.05) is 19.3 Å². The van der Waals surface area contributed by atoms with Gasteiger partial charge < -0.3 is 29.9 Å². The Morgan fingerprint density at radius 2 is 1.88 bits per heavy atom. The number of aromatic nitrogens is 1. The number of rotatable bonds is 10. The first kappa shape index (κ1) is 29.4. The van der Waals surface area contributed by atoms with E-state index in [0.29, 0.717) is 69.2 Å². The Balaban J connectivity index is 1.29. The van der Waals surface area contributed by atoms with E-state index in [9.17, 15) is 14.4 Å². The molecule has 3 amide bonds. The summed E-state index contributed by atoms with van der Waals surface area (Å²) in [6.45, 7) is 6.66. The number of methoxy groups -OCH3 is 1. The average molecular weight is 576 g/mol. The lowest BCUT2D eigenvalue weighted by molar-refractivity contribution is -0.145. The molecular formula is C29H45N5O5S. The number of thiazole rings is 1. The molecule has 0 bridgehead atoms. The summed E-state index contributed by atoms with van der Waals surface area (Å²) in [7, 11) is 1.70. The predicted molar refractivity (Wildman–Crippen MR) is 152 cm³/mol. The standard InChI is InChI=1S/C29H45N5O5S/c1-20(39-15-21-7-4-3-5-8-21)25(28(37)33-10-6-9-22(12-33)14-38-2)32-26(35)23-13-34(18-29(23)16-31-17-29)27(36)24-11-30-19-40-24/h11,19-23,25,31H,3-10,12-18H2,1-2H3,(H,32,35)/t20-,22+,23?,25+/m1/s1. The van der Waals surface area contributed by atoms with E-state index < -0.39 is 18.1 Å². The summed E-state index contributed by atoms with van der Waals surface area (Å²) in [4.78, 5) is 49.3. The zero-order valence-electron chi connectivity index (χ0n) is 23.9. The van der Waals surface area contributed by atoms with E-state index in [1.54, 1.807) is 23.7 Å². The highest BCUT2D eigenvalue weighted by Crippen LogP contribution is 2.40. The minimum atomic E-state index is -0.770. The number of hydrogen-bond acceptors (Lipinski definition) is 8. The van der Waals surface area contributed by atoms with Gasteiger partial charge in [0.1, 0.15) is 10.9 Å². The molecule has 3 aliphatic heterocycles. The molecule has 2 N–H and O–H groups in total. The number of nitrogens with one attached hydrogen (secondary N) is 2. The summed E-state index contributed by atoms with van der Waals surface area (Å²) in [6.07, 6.45) is 9.13. The van der Waals surface area contributed by atoms with Crippen molar-refractivity contribution in [2.45, 2.75) is 64.0 Å². The number of carbonyl (C=O) groups is 3. The number of likely N-dealkylation sites (tertiary alicyclic amines) is 2. The Bertz CT molecular complexity index is 1010. The predicted octanol–water partition coefficient (Wildman–Crippen LogP) is 2.16. The highest BCUT2D eigenvalue weighted by molar-refractivity contribution is 7.11. The molecule has 3 saturated heterocycles. The lowest BCUT2D eigenvalue weighted by atomic mass is 9.72. The molecule has 10 nitrogen and oxygen atoms in total. The molecule has 0 radical (unpaired) electrons. The van der Waals surface area contributed by atoms with E-state index in [1.807, 2.05) is 11.8 Å². The van der Waals surface area contributed by atoms with Crippen molar-refractivity contribution < 1.29 is 23.9 Å². The molecule has 4 aliphatic rings. The quantitative estimate of drug-likeness (QED) is 0.440. The van der Waals surface area contributed by atoms with Gasteiger partial charge in [-0.25, -0.2) is 0 Å². The maximum absolute atomic E-state index is 14.0. The van der Waals surface area contributed by atoms with Crippen LogP contribution >= 0.6 is 11.3 Å². The summed E-state index contributed by atoms with van der Waals surface area (Å²) in [6, 6.07) is -0.770. The van der Waals surface area contributed by atoms with Crippen LogP contribution in [-0.4, -0.2) is 104 Å². The average Bonchev–Trinajstić information content (AvgIpc) is 3.64. The van der Waals surface area contributed by atoms with Crippen molar-refractivity contribution in [3.8, 4) is 0 Å². The number of hydrogen-bond donors (Lipinski definition) is 2. The van der Waals surface area contributed by atoms with E-state index in [2.05, 4.69) is 15.6 Å². The van der Waals surface area contributed by atoms with Crippen molar-refractivity contribution in [2.75, 3.05) is 59.6 Å². The van der Waals surface area contributed by atoms with Crippen LogP contribution in [0.3, 0.4) is 0 Å². The zero-order valence-corrected chi connectivity index (χ0v) is 24.8. The van der Waals surface area contributed by atoms with Gasteiger partial charge in [0.05, 0.1) is 30.3 Å². The van der Waals surface area contributed by atoms with Gasteiger partial charge in [-0.15, -0.1) is 11.3 Å². The van der Waals surface area contributed by atoms with Crippen molar-refractivity contribution in [1.29, 1.82) is 0 Å². The molecule has 11 heteroatoms. The Morgan fingerprint density at radius 3 is 2.55 bits per heavy atom. The number of amides is 3. The van der Waals surface area contributed by atoms with Crippen LogP contribution in [0.15, 0.2) is 11.7 Å². The fraction of sp³-hybridized carbons (Fsp3) is 0.793. The third kappa shape index (κ3) is 6.53. The van der Waals surface area contributed by atoms with Crippen molar-refractivity contribution in [3.63, 3.8) is 0 Å². The van der Waals surface area contributed by atoms with Crippen LogP contribution < -0.4 is 10.6 Å². The van der Waals surface area contributed by atoms with Gasteiger partial charge in [-0.2, -0.15) is 0 Å². The van der Waals surface area contributed by atoms with Crippen LogP contribution in [0.5, 0.6) is 0 Å². The third-order valence-electron chi connectivity index (χ3n) is 9.43. The second-order valence-electron chi connectivity index (χ2n) is 12.3. The molecule has 222 valence electrons. The Kier molecular flexibility index (Phi) is 9.76. The molecule has 1 spiro atoms. The van der Waals surface area contributed by atoms with Gasteiger partial charge in [0.2, 0.25) is 11.8 Å². The van der Waals surface area contributed by atoms with E-state index >= 15 is 0 Å².